The summed E-state index contributed by atoms with van der Waals surface area (Å²) in [5, 5.41) is 0. The zero-order valence-electron chi connectivity index (χ0n) is 14.9. The summed E-state index contributed by atoms with van der Waals surface area (Å²) in [6.07, 6.45) is 3.16. The fourth-order valence-electron chi connectivity index (χ4n) is 3.04. The van der Waals surface area contributed by atoms with Crippen molar-refractivity contribution in [3.63, 3.8) is 0 Å². The molecule has 3 nitrogen and oxygen atoms in total. The average Bonchev–Trinajstić information content (AvgIpc) is 2.85. The molecule has 0 radical (unpaired) electrons. The van der Waals surface area contributed by atoms with Crippen molar-refractivity contribution >= 4 is 50.2 Å². The Kier molecular flexibility index (Phi) is 8.04. The molecule has 0 saturated heterocycles. The second kappa shape index (κ2) is 10.0. The number of hydrogen-bond donors (Lipinski definition) is 0. The van der Waals surface area contributed by atoms with Crippen LogP contribution in [0.25, 0.3) is 0 Å². The van der Waals surface area contributed by atoms with Crippen molar-refractivity contribution in [3.05, 3.63) is 64.6 Å². The van der Waals surface area contributed by atoms with E-state index in [1.807, 2.05) is 54.6 Å². The van der Waals surface area contributed by atoms with E-state index in [2.05, 4.69) is 27.8 Å². The molecule has 1 atom stereocenters. The van der Waals surface area contributed by atoms with Crippen molar-refractivity contribution in [3.8, 4) is 0 Å². The zero-order valence-corrected chi connectivity index (χ0v) is 18.2. The van der Waals surface area contributed by atoms with Crippen LogP contribution >= 0.6 is 32.9 Å². The molecule has 0 saturated carbocycles. The van der Waals surface area contributed by atoms with E-state index in [9.17, 15) is 4.79 Å². The Hall–Kier alpha value is -1.46. The van der Waals surface area contributed by atoms with E-state index in [1.165, 1.54) is 0 Å². The number of nitrogens with zero attached hydrogens (tertiary/aromatic N) is 2. The van der Waals surface area contributed by atoms with E-state index in [4.69, 9.17) is 4.99 Å². The lowest BCUT2D eigenvalue weighted by atomic mass is 10.0. The topological polar surface area (TPSA) is 32.7 Å². The minimum Gasteiger partial charge on any atom is -0.322 e. The van der Waals surface area contributed by atoms with Crippen LogP contribution in [0.4, 0.5) is 5.69 Å². The summed E-state index contributed by atoms with van der Waals surface area (Å²) < 4.78 is 0.978. The van der Waals surface area contributed by atoms with E-state index < -0.39 is 0 Å². The standard InChI is InChI=1S/C21H23BrN2O.BrH/c1-16-7-12-21(23-14-13-16)24(19-5-3-2-4-6-19)15-20(25)17-8-10-18(22)11-9-17;/h2-6,8-11,16H,7,12-15H2,1H3;1H. The lowest BCUT2D eigenvalue weighted by Gasteiger charge is -2.25. The SMILES string of the molecule is Br.CC1CCN=C(N(CC(=O)c2ccc(Br)cc2)c2ccccc2)CC1. The smallest absolute Gasteiger partial charge is 0.182 e. The Morgan fingerprint density at radius 2 is 1.81 bits per heavy atom. The number of halogens is 2. The normalized spacial score (nSPS) is 16.8. The molecule has 1 unspecified atom stereocenters. The van der Waals surface area contributed by atoms with Gasteiger partial charge in [-0.2, -0.15) is 0 Å². The summed E-state index contributed by atoms with van der Waals surface area (Å²) in [6, 6.07) is 17.7. The zero-order chi connectivity index (χ0) is 17.6. The summed E-state index contributed by atoms with van der Waals surface area (Å²) in [7, 11) is 0. The van der Waals surface area contributed by atoms with Crippen molar-refractivity contribution in [1.82, 2.24) is 0 Å². The molecule has 1 aliphatic rings. The summed E-state index contributed by atoms with van der Waals surface area (Å²) in [6.45, 7) is 3.43. The van der Waals surface area contributed by atoms with Crippen molar-refractivity contribution in [2.45, 2.75) is 26.2 Å². The molecule has 3 rings (SSSR count). The van der Waals surface area contributed by atoms with E-state index in [0.717, 1.165) is 47.4 Å². The molecular weight excluding hydrogens is 456 g/mol. The summed E-state index contributed by atoms with van der Waals surface area (Å²) in [5.41, 5.74) is 1.76. The number of hydrogen-bond acceptors (Lipinski definition) is 3. The van der Waals surface area contributed by atoms with Gasteiger partial charge in [0.05, 0.1) is 6.54 Å². The molecule has 2 aromatic carbocycles. The first kappa shape index (κ1) is 20.8. The number of para-hydroxylation sites is 1. The van der Waals surface area contributed by atoms with E-state index in [-0.39, 0.29) is 22.8 Å². The van der Waals surface area contributed by atoms with E-state index in [0.29, 0.717) is 12.5 Å². The monoisotopic (exact) mass is 478 g/mol. The van der Waals surface area contributed by atoms with E-state index >= 15 is 0 Å². The van der Waals surface area contributed by atoms with Gasteiger partial charge in [-0.05, 0) is 43.0 Å². The maximum absolute atomic E-state index is 12.8. The Morgan fingerprint density at radius 1 is 1.12 bits per heavy atom. The fraction of sp³-hybridized carbons (Fsp3) is 0.333. The maximum atomic E-state index is 12.8. The number of benzene rings is 2. The molecular formula is C21H24Br2N2O. The van der Waals surface area contributed by atoms with Gasteiger partial charge >= 0.3 is 0 Å². The number of carbonyl (C=O) groups is 1. The molecule has 0 spiro atoms. The first-order valence-corrected chi connectivity index (χ1v) is 9.57. The Morgan fingerprint density at radius 3 is 2.50 bits per heavy atom. The summed E-state index contributed by atoms with van der Waals surface area (Å²) >= 11 is 3.42. The third kappa shape index (κ3) is 5.52. The molecule has 0 amide bonds. The lowest BCUT2D eigenvalue weighted by Crippen LogP contribution is -2.36. The highest BCUT2D eigenvalue weighted by molar-refractivity contribution is 9.10. The number of amidine groups is 1. The van der Waals surface area contributed by atoms with Gasteiger partial charge < -0.3 is 4.90 Å². The third-order valence-electron chi connectivity index (χ3n) is 4.62. The average molecular weight is 480 g/mol. The molecule has 1 aliphatic heterocycles. The molecule has 0 N–H and O–H groups in total. The number of anilines is 1. The summed E-state index contributed by atoms with van der Waals surface area (Å²) in [5.74, 6) is 1.82. The highest BCUT2D eigenvalue weighted by Gasteiger charge is 2.20. The van der Waals surface area contributed by atoms with Crippen molar-refractivity contribution < 1.29 is 4.79 Å². The van der Waals surface area contributed by atoms with Crippen molar-refractivity contribution in [1.29, 1.82) is 0 Å². The highest BCUT2D eigenvalue weighted by atomic mass is 79.9. The molecule has 0 aromatic heterocycles. The van der Waals surface area contributed by atoms with Crippen LogP contribution in [0.3, 0.4) is 0 Å². The van der Waals surface area contributed by atoms with Gasteiger partial charge in [0.25, 0.3) is 0 Å². The van der Waals surface area contributed by atoms with Crippen LogP contribution in [-0.4, -0.2) is 24.7 Å². The Balaban J connectivity index is 0.00000243. The third-order valence-corrected chi connectivity index (χ3v) is 5.15. The predicted molar refractivity (Wildman–Crippen MR) is 118 cm³/mol. The highest BCUT2D eigenvalue weighted by Crippen LogP contribution is 2.22. The first-order valence-electron chi connectivity index (χ1n) is 8.78. The number of ketones is 1. The van der Waals surface area contributed by atoms with Gasteiger partial charge in [0.15, 0.2) is 5.78 Å². The molecule has 0 bridgehead atoms. The number of aliphatic imine (C=N–C) groups is 1. The molecule has 5 heteroatoms. The van der Waals surface area contributed by atoms with Crippen LogP contribution in [0.1, 0.15) is 36.5 Å². The van der Waals surface area contributed by atoms with Gasteiger partial charge in [-0.25, -0.2) is 0 Å². The molecule has 0 fully saturated rings. The summed E-state index contributed by atoms with van der Waals surface area (Å²) in [4.78, 5) is 19.7. The minimum atomic E-state index is 0. The molecule has 2 aromatic rings. The number of carbonyl (C=O) groups excluding carboxylic acids is 1. The minimum absolute atomic E-state index is 0. The Labute approximate surface area is 174 Å². The van der Waals surface area contributed by atoms with Crippen LogP contribution in [0.5, 0.6) is 0 Å². The number of rotatable bonds is 4. The van der Waals surface area contributed by atoms with Crippen molar-refractivity contribution in [2.24, 2.45) is 10.9 Å². The van der Waals surface area contributed by atoms with Crippen LogP contribution < -0.4 is 4.90 Å². The number of Topliss-reactive ketones (excluding diaryl/α,β-unsaturated/α-hetero) is 1. The van der Waals surface area contributed by atoms with Crippen molar-refractivity contribution in [2.75, 3.05) is 18.0 Å². The van der Waals surface area contributed by atoms with Gasteiger partial charge in [0, 0.05) is 28.7 Å². The van der Waals surface area contributed by atoms with Crippen LogP contribution in [0.2, 0.25) is 0 Å². The second-order valence-corrected chi connectivity index (χ2v) is 7.50. The van der Waals surface area contributed by atoms with Crippen LogP contribution in [0.15, 0.2) is 64.1 Å². The van der Waals surface area contributed by atoms with E-state index in [1.54, 1.807) is 0 Å². The maximum Gasteiger partial charge on any atom is 0.182 e. The van der Waals surface area contributed by atoms with Gasteiger partial charge in [0.2, 0.25) is 0 Å². The van der Waals surface area contributed by atoms with Gasteiger partial charge in [-0.15, -0.1) is 17.0 Å². The molecule has 1 heterocycles. The fourth-order valence-corrected chi connectivity index (χ4v) is 3.31. The first-order chi connectivity index (χ1) is 12.1. The lowest BCUT2D eigenvalue weighted by molar-refractivity contribution is 0.100. The molecule has 0 aliphatic carbocycles. The van der Waals surface area contributed by atoms with Gasteiger partial charge in [-0.1, -0.05) is 53.2 Å². The van der Waals surface area contributed by atoms with Crippen LogP contribution in [0, 0.1) is 5.92 Å². The molecule has 26 heavy (non-hydrogen) atoms. The van der Waals surface area contributed by atoms with Gasteiger partial charge in [0.1, 0.15) is 5.84 Å². The second-order valence-electron chi connectivity index (χ2n) is 6.58. The van der Waals surface area contributed by atoms with Crippen LogP contribution in [-0.2, 0) is 0 Å². The quantitative estimate of drug-likeness (QED) is 0.508. The molecule has 138 valence electrons. The largest absolute Gasteiger partial charge is 0.322 e. The predicted octanol–water partition coefficient (Wildman–Crippen LogP) is 5.93. The van der Waals surface area contributed by atoms with Gasteiger partial charge in [-0.3, -0.25) is 9.79 Å². The Bertz CT molecular complexity index is 744.